The average Bonchev–Trinajstić information content (AvgIpc) is 3.10. The minimum absolute atomic E-state index is 0.273. The number of nitrogens with zero attached hydrogens (tertiary/aromatic N) is 3. The van der Waals surface area contributed by atoms with Gasteiger partial charge in [-0.25, -0.2) is 9.97 Å². The summed E-state index contributed by atoms with van der Waals surface area (Å²) in [4.78, 5) is 13.0. The zero-order valence-electron chi connectivity index (χ0n) is 14.8. The highest BCUT2D eigenvalue weighted by Crippen LogP contribution is 2.34. The molecular weight excluding hydrogens is 362 g/mol. The molecule has 0 aliphatic carbocycles. The van der Waals surface area contributed by atoms with Gasteiger partial charge in [-0.2, -0.15) is 4.98 Å². The molecule has 0 fully saturated rings. The standard InChI is InChI=1S/C19H17N5O2S/c1-11-4-3-5-14-16(11)23-19(27-14)24-17-15(20)18(22-10-21-17)26-13-8-6-12(25-2)7-9-13/h3-10H,20H2,1-2H3,(H,21,22,23,24). The van der Waals surface area contributed by atoms with Gasteiger partial charge in [0.15, 0.2) is 10.9 Å². The van der Waals surface area contributed by atoms with E-state index in [9.17, 15) is 0 Å². The first-order valence-electron chi connectivity index (χ1n) is 8.19. The highest BCUT2D eigenvalue weighted by Gasteiger charge is 2.13. The summed E-state index contributed by atoms with van der Waals surface area (Å²) in [5.41, 5.74) is 8.59. The van der Waals surface area contributed by atoms with E-state index in [1.165, 1.54) is 17.7 Å². The largest absolute Gasteiger partial charge is 0.497 e. The van der Waals surface area contributed by atoms with Crippen molar-refractivity contribution in [1.82, 2.24) is 15.0 Å². The molecule has 0 unspecified atom stereocenters. The SMILES string of the molecule is COc1ccc(Oc2ncnc(Nc3nc4c(C)cccc4s3)c2N)cc1. The topological polar surface area (TPSA) is 95.2 Å². The highest BCUT2D eigenvalue weighted by molar-refractivity contribution is 7.22. The van der Waals surface area contributed by atoms with Crippen LogP contribution >= 0.6 is 11.3 Å². The maximum atomic E-state index is 6.20. The van der Waals surface area contributed by atoms with E-state index in [1.807, 2.05) is 25.1 Å². The number of hydrogen-bond acceptors (Lipinski definition) is 8. The summed E-state index contributed by atoms with van der Waals surface area (Å²) in [6.45, 7) is 2.03. The number of nitrogens with one attached hydrogen (secondary N) is 1. The molecule has 4 aromatic rings. The fraction of sp³-hybridized carbons (Fsp3) is 0.105. The summed E-state index contributed by atoms with van der Waals surface area (Å²) in [5.74, 6) is 2.06. The molecular formula is C19H17N5O2S. The fourth-order valence-electron chi connectivity index (χ4n) is 2.56. The number of hydrogen-bond donors (Lipinski definition) is 2. The number of aromatic nitrogens is 3. The van der Waals surface area contributed by atoms with Crippen molar-refractivity contribution in [3.05, 3.63) is 54.4 Å². The maximum absolute atomic E-state index is 6.20. The predicted octanol–water partition coefficient (Wildman–Crippen LogP) is 4.52. The van der Waals surface area contributed by atoms with Crippen molar-refractivity contribution in [3.63, 3.8) is 0 Å². The Morgan fingerprint density at radius 2 is 1.81 bits per heavy atom. The van der Waals surface area contributed by atoms with E-state index in [0.717, 1.165) is 21.5 Å². The minimum Gasteiger partial charge on any atom is -0.497 e. The van der Waals surface area contributed by atoms with Crippen molar-refractivity contribution in [1.29, 1.82) is 0 Å². The minimum atomic E-state index is 0.273. The summed E-state index contributed by atoms with van der Waals surface area (Å²) >= 11 is 1.54. The molecule has 7 nitrogen and oxygen atoms in total. The van der Waals surface area contributed by atoms with Crippen LogP contribution in [-0.4, -0.2) is 22.1 Å². The average molecular weight is 379 g/mol. The van der Waals surface area contributed by atoms with Crippen LogP contribution in [0.1, 0.15) is 5.56 Å². The van der Waals surface area contributed by atoms with Crippen LogP contribution in [-0.2, 0) is 0 Å². The molecule has 0 bridgehead atoms. The van der Waals surface area contributed by atoms with Gasteiger partial charge < -0.3 is 20.5 Å². The molecule has 8 heteroatoms. The van der Waals surface area contributed by atoms with Crippen molar-refractivity contribution in [3.8, 4) is 17.4 Å². The van der Waals surface area contributed by atoms with E-state index >= 15 is 0 Å². The van der Waals surface area contributed by atoms with Gasteiger partial charge in [0.2, 0.25) is 5.88 Å². The van der Waals surface area contributed by atoms with Gasteiger partial charge in [0.1, 0.15) is 23.5 Å². The molecule has 0 radical (unpaired) electrons. The summed E-state index contributed by atoms with van der Waals surface area (Å²) < 4.78 is 12.0. The first kappa shape index (κ1) is 17.0. The number of ether oxygens (including phenoxy) is 2. The molecule has 2 aromatic carbocycles. The third-order valence-electron chi connectivity index (χ3n) is 3.97. The molecule has 0 atom stereocenters. The number of nitrogens with two attached hydrogens (primary N) is 1. The zero-order chi connectivity index (χ0) is 18.8. The zero-order valence-corrected chi connectivity index (χ0v) is 15.6. The van der Waals surface area contributed by atoms with E-state index < -0.39 is 0 Å². The molecule has 0 spiro atoms. The number of aryl methyl sites for hydroxylation is 1. The number of fused-ring (bicyclic) bond motifs is 1. The molecule has 0 aliphatic heterocycles. The molecule has 0 saturated carbocycles. The summed E-state index contributed by atoms with van der Waals surface area (Å²) in [6.07, 6.45) is 1.40. The Hall–Kier alpha value is -3.39. The Balaban J connectivity index is 1.59. The third-order valence-corrected chi connectivity index (χ3v) is 4.90. The van der Waals surface area contributed by atoms with Crippen molar-refractivity contribution in [2.24, 2.45) is 0 Å². The number of benzene rings is 2. The number of para-hydroxylation sites is 1. The van der Waals surface area contributed by atoms with Crippen LogP contribution in [0.2, 0.25) is 0 Å². The Bertz CT molecular complexity index is 1100. The monoisotopic (exact) mass is 379 g/mol. The van der Waals surface area contributed by atoms with Crippen molar-refractivity contribution in [2.45, 2.75) is 6.92 Å². The van der Waals surface area contributed by atoms with Gasteiger partial charge in [-0.05, 0) is 42.8 Å². The fourth-order valence-corrected chi connectivity index (χ4v) is 3.50. The highest BCUT2D eigenvalue weighted by atomic mass is 32.1. The predicted molar refractivity (Wildman–Crippen MR) is 107 cm³/mol. The van der Waals surface area contributed by atoms with Gasteiger partial charge in [-0.3, -0.25) is 0 Å². The number of anilines is 3. The quantitative estimate of drug-likeness (QED) is 0.526. The molecule has 4 rings (SSSR count). The Labute approximate surface area is 159 Å². The van der Waals surface area contributed by atoms with Gasteiger partial charge in [0, 0.05) is 0 Å². The van der Waals surface area contributed by atoms with Crippen LogP contribution in [0.3, 0.4) is 0 Å². The second-order valence-corrected chi connectivity index (χ2v) is 6.82. The second-order valence-electron chi connectivity index (χ2n) is 5.78. The Kier molecular flexibility index (Phi) is 4.47. The summed E-state index contributed by atoms with van der Waals surface area (Å²) in [6, 6.07) is 13.2. The molecule has 0 aliphatic rings. The molecule has 3 N–H and O–H groups in total. The van der Waals surface area contributed by atoms with E-state index in [0.29, 0.717) is 22.4 Å². The van der Waals surface area contributed by atoms with E-state index in [2.05, 4.69) is 20.3 Å². The van der Waals surface area contributed by atoms with Crippen LogP contribution in [0.4, 0.5) is 16.6 Å². The Morgan fingerprint density at radius 1 is 1.04 bits per heavy atom. The summed E-state index contributed by atoms with van der Waals surface area (Å²) in [5, 5.41) is 3.87. The number of rotatable bonds is 5. The number of nitrogen functional groups attached to an aromatic ring is 1. The lowest BCUT2D eigenvalue weighted by atomic mass is 10.2. The molecule has 136 valence electrons. The molecule has 27 heavy (non-hydrogen) atoms. The van der Waals surface area contributed by atoms with Gasteiger partial charge in [0.05, 0.1) is 17.3 Å². The van der Waals surface area contributed by atoms with Gasteiger partial charge in [-0.1, -0.05) is 23.5 Å². The second kappa shape index (κ2) is 7.08. The first-order chi connectivity index (χ1) is 13.1. The first-order valence-corrected chi connectivity index (χ1v) is 9.01. The van der Waals surface area contributed by atoms with Crippen molar-refractivity contribution in [2.75, 3.05) is 18.2 Å². The molecule has 0 saturated heterocycles. The summed E-state index contributed by atoms with van der Waals surface area (Å²) in [7, 11) is 1.61. The van der Waals surface area contributed by atoms with Crippen LogP contribution in [0.25, 0.3) is 10.2 Å². The van der Waals surface area contributed by atoms with E-state index in [-0.39, 0.29) is 5.88 Å². The lowest BCUT2D eigenvalue weighted by Gasteiger charge is -2.10. The van der Waals surface area contributed by atoms with E-state index in [4.69, 9.17) is 15.2 Å². The molecule has 2 heterocycles. The number of methoxy groups -OCH3 is 1. The lowest BCUT2D eigenvalue weighted by molar-refractivity contribution is 0.412. The smallest absolute Gasteiger partial charge is 0.248 e. The maximum Gasteiger partial charge on any atom is 0.248 e. The van der Waals surface area contributed by atoms with Crippen LogP contribution in [0.5, 0.6) is 17.4 Å². The van der Waals surface area contributed by atoms with Crippen molar-refractivity contribution >= 4 is 38.2 Å². The molecule has 2 aromatic heterocycles. The third kappa shape index (κ3) is 3.47. The Morgan fingerprint density at radius 3 is 2.56 bits per heavy atom. The normalized spacial score (nSPS) is 10.7. The van der Waals surface area contributed by atoms with Gasteiger partial charge in [-0.15, -0.1) is 0 Å². The van der Waals surface area contributed by atoms with Gasteiger partial charge in [0.25, 0.3) is 0 Å². The van der Waals surface area contributed by atoms with Gasteiger partial charge >= 0.3 is 0 Å². The number of thiazole rings is 1. The van der Waals surface area contributed by atoms with Crippen LogP contribution in [0, 0.1) is 6.92 Å². The van der Waals surface area contributed by atoms with Crippen LogP contribution in [0.15, 0.2) is 48.8 Å². The van der Waals surface area contributed by atoms with Crippen LogP contribution < -0.4 is 20.5 Å². The lowest BCUT2D eigenvalue weighted by Crippen LogP contribution is -2.03. The van der Waals surface area contributed by atoms with Crippen molar-refractivity contribution < 1.29 is 9.47 Å². The van der Waals surface area contributed by atoms with E-state index in [1.54, 1.807) is 31.4 Å². The molecule has 0 amide bonds.